The zero-order chi connectivity index (χ0) is 18.7. The SMILES string of the molecule is Cc1ccc2c(c1-c1cncc[n+]1C)[Si](C)(C)c1ccccc1C2(C)C. The zero-order valence-corrected chi connectivity index (χ0v) is 17.6. The normalized spacial score (nSPS) is 16.7. The lowest BCUT2D eigenvalue weighted by molar-refractivity contribution is -0.660. The van der Waals surface area contributed by atoms with Crippen LogP contribution in [0.5, 0.6) is 0 Å². The molecule has 0 atom stereocenters. The van der Waals surface area contributed by atoms with Gasteiger partial charge in [0.2, 0.25) is 5.69 Å². The smallest absolute Gasteiger partial charge is 0.230 e. The van der Waals surface area contributed by atoms with Crippen molar-refractivity contribution in [2.75, 3.05) is 0 Å². The Morgan fingerprint density at radius 1 is 1.00 bits per heavy atom. The fraction of sp³-hybridized carbons (Fsp3) is 0.304. The number of aromatic nitrogens is 2. The highest BCUT2D eigenvalue weighted by Gasteiger charge is 2.45. The summed E-state index contributed by atoms with van der Waals surface area (Å²) in [6.45, 7) is 12.0. The van der Waals surface area contributed by atoms with Crippen LogP contribution in [0.1, 0.15) is 30.5 Å². The summed E-state index contributed by atoms with van der Waals surface area (Å²) in [5.74, 6) is 0. The number of rotatable bonds is 1. The Hall–Kier alpha value is -2.26. The molecule has 0 saturated carbocycles. The fourth-order valence-corrected chi connectivity index (χ4v) is 8.60. The first-order valence-electron chi connectivity index (χ1n) is 9.31. The number of hydrogen-bond acceptors (Lipinski definition) is 1. The second-order valence-electron chi connectivity index (χ2n) is 8.55. The van der Waals surface area contributed by atoms with Gasteiger partial charge in [-0.25, -0.2) is 0 Å². The molecule has 2 nitrogen and oxygen atoms in total. The van der Waals surface area contributed by atoms with Gasteiger partial charge in [-0.2, -0.15) is 4.57 Å². The van der Waals surface area contributed by atoms with Crippen LogP contribution in [0, 0.1) is 6.92 Å². The second-order valence-corrected chi connectivity index (χ2v) is 12.8. The van der Waals surface area contributed by atoms with E-state index in [4.69, 9.17) is 0 Å². The van der Waals surface area contributed by atoms with E-state index in [1.165, 1.54) is 27.9 Å². The van der Waals surface area contributed by atoms with E-state index in [0.29, 0.717) is 0 Å². The molecular weight excluding hydrogens is 332 g/mol. The predicted octanol–water partition coefficient (Wildman–Crippen LogP) is 3.34. The minimum Gasteiger partial charge on any atom is -0.252 e. The summed E-state index contributed by atoms with van der Waals surface area (Å²) in [5, 5.41) is 3.14. The molecule has 0 radical (unpaired) electrons. The first kappa shape index (κ1) is 17.2. The van der Waals surface area contributed by atoms with Crippen LogP contribution in [0.15, 0.2) is 55.0 Å². The summed E-state index contributed by atoms with van der Waals surface area (Å²) >= 11 is 0. The Morgan fingerprint density at radius 2 is 1.73 bits per heavy atom. The van der Waals surface area contributed by atoms with E-state index in [2.05, 4.69) is 86.9 Å². The monoisotopic (exact) mass is 359 g/mol. The highest BCUT2D eigenvalue weighted by atomic mass is 28.3. The topological polar surface area (TPSA) is 16.8 Å². The summed E-state index contributed by atoms with van der Waals surface area (Å²) in [4.78, 5) is 4.43. The molecule has 0 saturated heterocycles. The van der Waals surface area contributed by atoms with Crippen molar-refractivity contribution in [3.63, 3.8) is 0 Å². The van der Waals surface area contributed by atoms with E-state index in [9.17, 15) is 0 Å². The van der Waals surface area contributed by atoms with Gasteiger partial charge in [0, 0.05) is 5.41 Å². The third kappa shape index (κ3) is 2.23. The van der Waals surface area contributed by atoms with Crippen LogP contribution < -0.4 is 14.9 Å². The van der Waals surface area contributed by atoms with Gasteiger partial charge in [-0.05, 0) is 28.8 Å². The first-order valence-corrected chi connectivity index (χ1v) is 12.3. The van der Waals surface area contributed by atoms with Crippen molar-refractivity contribution in [2.24, 2.45) is 7.05 Å². The maximum Gasteiger partial charge on any atom is 0.230 e. The largest absolute Gasteiger partial charge is 0.252 e. The average Bonchev–Trinajstić information content (AvgIpc) is 2.61. The van der Waals surface area contributed by atoms with Gasteiger partial charge in [0.25, 0.3) is 0 Å². The van der Waals surface area contributed by atoms with Gasteiger partial charge in [0.05, 0.1) is 18.0 Å². The predicted molar refractivity (Wildman–Crippen MR) is 111 cm³/mol. The molecular formula is C23H27N2Si+. The molecule has 0 spiro atoms. The minimum absolute atomic E-state index is 0.0116. The molecule has 0 bridgehead atoms. The molecule has 3 aromatic rings. The maximum atomic E-state index is 4.43. The van der Waals surface area contributed by atoms with Gasteiger partial charge >= 0.3 is 0 Å². The van der Waals surface area contributed by atoms with Crippen molar-refractivity contribution in [2.45, 2.75) is 39.3 Å². The molecule has 26 heavy (non-hydrogen) atoms. The van der Waals surface area contributed by atoms with E-state index in [-0.39, 0.29) is 5.41 Å². The molecule has 4 rings (SSSR count). The second kappa shape index (κ2) is 5.62. The van der Waals surface area contributed by atoms with Crippen LogP contribution in [0.4, 0.5) is 0 Å². The van der Waals surface area contributed by atoms with Crippen molar-refractivity contribution in [1.82, 2.24) is 4.98 Å². The number of hydrogen-bond donors (Lipinski definition) is 0. The third-order valence-corrected chi connectivity index (χ3v) is 9.75. The molecule has 0 aliphatic carbocycles. The van der Waals surface area contributed by atoms with Crippen molar-refractivity contribution in [1.29, 1.82) is 0 Å². The van der Waals surface area contributed by atoms with Crippen molar-refractivity contribution in [3.8, 4) is 11.3 Å². The molecule has 2 heterocycles. The van der Waals surface area contributed by atoms with E-state index in [0.717, 1.165) is 0 Å². The Labute approximate surface area is 157 Å². The van der Waals surface area contributed by atoms with E-state index >= 15 is 0 Å². The Balaban J connectivity index is 2.15. The minimum atomic E-state index is -1.84. The summed E-state index contributed by atoms with van der Waals surface area (Å²) in [6.07, 6.45) is 5.92. The zero-order valence-electron chi connectivity index (χ0n) is 16.6. The molecule has 2 aromatic carbocycles. The number of benzene rings is 2. The highest BCUT2D eigenvalue weighted by Crippen LogP contribution is 2.38. The molecule has 0 fully saturated rings. The summed E-state index contributed by atoms with van der Waals surface area (Å²) in [5.41, 5.74) is 6.92. The van der Waals surface area contributed by atoms with Crippen LogP contribution in [-0.4, -0.2) is 13.1 Å². The van der Waals surface area contributed by atoms with E-state index < -0.39 is 8.07 Å². The van der Waals surface area contributed by atoms with Crippen LogP contribution in [0.2, 0.25) is 13.1 Å². The fourth-order valence-electron chi connectivity index (χ4n) is 4.72. The van der Waals surface area contributed by atoms with E-state index in [1.54, 1.807) is 10.4 Å². The molecule has 0 N–H and O–H groups in total. The van der Waals surface area contributed by atoms with Gasteiger partial charge in [0.1, 0.15) is 15.1 Å². The van der Waals surface area contributed by atoms with Crippen molar-refractivity contribution >= 4 is 18.4 Å². The lowest BCUT2D eigenvalue weighted by Crippen LogP contribution is -2.63. The molecule has 3 heteroatoms. The highest BCUT2D eigenvalue weighted by molar-refractivity contribution is 7.02. The van der Waals surface area contributed by atoms with Crippen molar-refractivity contribution < 1.29 is 4.57 Å². The lowest BCUT2D eigenvalue weighted by Gasteiger charge is -2.44. The summed E-state index contributed by atoms with van der Waals surface area (Å²) < 4.78 is 2.20. The molecule has 0 amide bonds. The Morgan fingerprint density at radius 3 is 2.46 bits per heavy atom. The molecule has 132 valence electrons. The average molecular weight is 360 g/mol. The van der Waals surface area contributed by atoms with Crippen LogP contribution in [0.3, 0.4) is 0 Å². The van der Waals surface area contributed by atoms with Crippen LogP contribution >= 0.6 is 0 Å². The number of aryl methyl sites for hydroxylation is 2. The third-order valence-electron chi connectivity index (χ3n) is 6.20. The maximum absolute atomic E-state index is 4.43. The van der Waals surface area contributed by atoms with Gasteiger partial charge in [0.15, 0.2) is 6.20 Å². The van der Waals surface area contributed by atoms with Gasteiger partial charge in [-0.15, -0.1) is 0 Å². The van der Waals surface area contributed by atoms with Crippen LogP contribution in [-0.2, 0) is 12.5 Å². The number of nitrogens with zero attached hydrogens (tertiary/aromatic N) is 2. The van der Waals surface area contributed by atoms with E-state index in [1.807, 2.05) is 18.6 Å². The number of fused-ring (bicyclic) bond motifs is 2. The van der Waals surface area contributed by atoms with Crippen LogP contribution in [0.25, 0.3) is 11.3 Å². The molecule has 1 aromatic heterocycles. The van der Waals surface area contributed by atoms with Gasteiger partial charge in [-0.1, -0.05) is 68.5 Å². The van der Waals surface area contributed by atoms with Gasteiger partial charge in [-0.3, -0.25) is 4.98 Å². The quantitative estimate of drug-likeness (QED) is 0.481. The van der Waals surface area contributed by atoms with Gasteiger partial charge < -0.3 is 0 Å². The first-order chi connectivity index (χ1) is 12.3. The standard InChI is InChI=1S/C23H27N2Si/c1-16-11-12-18-22(21(16)19-15-24-13-14-25(19)4)26(5,6)20-10-8-7-9-17(20)23(18,2)3/h7-15H,1-6H3/q+1. The summed E-state index contributed by atoms with van der Waals surface area (Å²) in [7, 11) is 0.274. The van der Waals surface area contributed by atoms with Crippen molar-refractivity contribution in [3.05, 3.63) is 71.7 Å². The molecule has 1 aliphatic rings. The Kier molecular flexibility index (Phi) is 3.71. The lowest BCUT2D eigenvalue weighted by atomic mass is 9.76. The summed E-state index contributed by atoms with van der Waals surface area (Å²) in [6, 6.07) is 13.7. The Bertz CT molecular complexity index is 1020. The molecule has 0 unspecified atom stereocenters. The molecule has 1 aliphatic heterocycles.